The first-order chi connectivity index (χ1) is 18.4. The molecule has 0 spiro atoms. The van der Waals surface area contributed by atoms with Crippen molar-refractivity contribution in [3.63, 3.8) is 0 Å². The second-order valence-electron chi connectivity index (χ2n) is 8.26. The molecule has 9 heteroatoms. The SMILES string of the molecule is C=C(CNc1cc2c(Nc3ccc(OCc4ccccc4)c(Cl)c3)c(C#N)cnc2cc1OCC)C(=O)O. The summed E-state index contributed by atoms with van der Waals surface area (Å²) in [5.74, 6) is -0.0583. The molecule has 4 rings (SSSR count). The van der Waals surface area contributed by atoms with Crippen LogP contribution in [-0.4, -0.2) is 29.2 Å². The molecule has 0 aliphatic rings. The molecular formula is C29H25ClN4O4. The number of ether oxygens (including phenoxy) is 2. The van der Waals surface area contributed by atoms with Crippen LogP contribution >= 0.6 is 11.6 Å². The number of aromatic nitrogens is 1. The zero-order valence-corrected chi connectivity index (χ0v) is 21.4. The molecule has 1 heterocycles. The summed E-state index contributed by atoms with van der Waals surface area (Å²) in [6.07, 6.45) is 1.48. The van der Waals surface area contributed by atoms with Crippen molar-refractivity contribution in [2.45, 2.75) is 13.5 Å². The summed E-state index contributed by atoms with van der Waals surface area (Å²) in [6.45, 7) is 6.20. The number of hydrogen-bond donors (Lipinski definition) is 3. The molecule has 4 aromatic rings. The zero-order valence-electron chi connectivity index (χ0n) is 20.6. The first-order valence-electron chi connectivity index (χ1n) is 11.8. The van der Waals surface area contributed by atoms with Gasteiger partial charge in [0.2, 0.25) is 0 Å². The second-order valence-corrected chi connectivity index (χ2v) is 8.67. The van der Waals surface area contributed by atoms with E-state index < -0.39 is 5.97 Å². The van der Waals surface area contributed by atoms with Crippen molar-refractivity contribution in [2.75, 3.05) is 23.8 Å². The number of pyridine rings is 1. The number of nitrogens with one attached hydrogen (secondary N) is 2. The lowest BCUT2D eigenvalue weighted by molar-refractivity contribution is -0.132. The molecule has 0 unspecified atom stereocenters. The molecule has 3 N–H and O–H groups in total. The number of halogens is 1. The van der Waals surface area contributed by atoms with Crippen molar-refractivity contribution in [1.82, 2.24) is 4.98 Å². The van der Waals surface area contributed by atoms with E-state index in [9.17, 15) is 10.1 Å². The third-order valence-corrected chi connectivity index (χ3v) is 5.92. The fourth-order valence-corrected chi connectivity index (χ4v) is 3.94. The second kappa shape index (κ2) is 12.0. The zero-order chi connectivity index (χ0) is 27.1. The standard InChI is InChI=1S/C29H25ClN4O4/c1-3-37-27-13-24-22(12-25(27)32-15-18(2)29(35)36)28(20(14-31)16-33-24)34-21-9-10-26(23(30)11-21)38-17-19-7-5-4-6-8-19/h4-13,16,32H,2-3,15,17H2,1H3,(H,33,34)(H,35,36). The number of rotatable bonds is 11. The largest absolute Gasteiger partial charge is 0.492 e. The summed E-state index contributed by atoms with van der Waals surface area (Å²) in [7, 11) is 0. The van der Waals surface area contributed by atoms with E-state index >= 15 is 0 Å². The number of carboxylic acid groups (broad SMARTS) is 1. The number of benzene rings is 3. The molecule has 0 saturated carbocycles. The van der Waals surface area contributed by atoms with Crippen LogP contribution < -0.4 is 20.1 Å². The number of nitriles is 1. The van der Waals surface area contributed by atoms with E-state index in [0.29, 0.717) is 63.3 Å². The van der Waals surface area contributed by atoms with Gasteiger partial charge in [-0.25, -0.2) is 4.79 Å². The third-order valence-electron chi connectivity index (χ3n) is 5.62. The van der Waals surface area contributed by atoms with Gasteiger partial charge in [-0.3, -0.25) is 4.98 Å². The quantitative estimate of drug-likeness (QED) is 0.188. The summed E-state index contributed by atoms with van der Waals surface area (Å²) in [4.78, 5) is 15.6. The molecule has 0 aliphatic heterocycles. The molecular weight excluding hydrogens is 504 g/mol. The molecule has 38 heavy (non-hydrogen) atoms. The lowest BCUT2D eigenvalue weighted by Crippen LogP contribution is -2.12. The minimum atomic E-state index is -1.10. The Morgan fingerprint density at radius 1 is 1.13 bits per heavy atom. The molecule has 192 valence electrons. The maximum absolute atomic E-state index is 11.2. The Morgan fingerprint density at radius 3 is 2.61 bits per heavy atom. The Bertz CT molecular complexity index is 1530. The number of fused-ring (bicyclic) bond motifs is 1. The van der Waals surface area contributed by atoms with E-state index in [1.54, 1.807) is 24.3 Å². The normalized spacial score (nSPS) is 10.4. The predicted octanol–water partition coefficient (Wildman–Crippen LogP) is 6.53. The molecule has 0 aliphatic carbocycles. The highest BCUT2D eigenvalue weighted by Crippen LogP contribution is 2.37. The summed E-state index contributed by atoms with van der Waals surface area (Å²) in [6, 6.07) is 20.8. The fraction of sp³-hybridized carbons (Fsp3) is 0.138. The number of carboxylic acids is 1. The Hall–Kier alpha value is -4.74. The van der Waals surface area contributed by atoms with Gasteiger partial charge in [0.05, 0.1) is 34.1 Å². The maximum Gasteiger partial charge on any atom is 0.332 e. The summed E-state index contributed by atoms with van der Waals surface area (Å²) >= 11 is 6.51. The first-order valence-corrected chi connectivity index (χ1v) is 12.1. The number of aliphatic carboxylic acids is 1. The van der Waals surface area contributed by atoms with Gasteiger partial charge in [-0.1, -0.05) is 48.5 Å². The van der Waals surface area contributed by atoms with Crippen LogP contribution in [0.2, 0.25) is 5.02 Å². The molecule has 0 bridgehead atoms. The molecule has 1 aromatic heterocycles. The number of anilines is 3. The smallest absolute Gasteiger partial charge is 0.332 e. The highest BCUT2D eigenvalue weighted by atomic mass is 35.5. The summed E-state index contributed by atoms with van der Waals surface area (Å²) in [5, 5.41) is 26.4. The fourth-order valence-electron chi connectivity index (χ4n) is 3.71. The van der Waals surface area contributed by atoms with Crippen LogP contribution in [0.15, 0.2) is 79.0 Å². The van der Waals surface area contributed by atoms with E-state index in [1.807, 2.05) is 43.3 Å². The molecule has 8 nitrogen and oxygen atoms in total. The Kier molecular flexibility index (Phi) is 8.31. The Morgan fingerprint density at radius 2 is 1.92 bits per heavy atom. The summed E-state index contributed by atoms with van der Waals surface area (Å²) < 4.78 is 11.6. The minimum Gasteiger partial charge on any atom is -0.492 e. The molecule has 0 atom stereocenters. The molecule has 3 aromatic carbocycles. The van der Waals surface area contributed by atoms with Crippen LogP contribution in [0.25, 0.3) is 10.9 Å². The molecule has 0 radical (unpaired) electrons. The van der Waals surface area contributed by atoms with Crippen LogP contribution in [0.4, 0.5) is 17.1 Å². The van der Waals surface area contributed by atoms with Crippen molar-refractivity contribution in [3.8, 4) is 17.6 Å². The Balaban J connectivity index is 1.66. The monoisotopic (exact) mass is 528 g/mol. The van der Waals surface area contributed by atoms with Crippen LogP contribution in [0, 0.1) is 11.3 Å². The van der Waals surface area contributed by atoms with Crippen LogP contribution in [0.5, 0.6) is 11.5 Å². The highest BCUT2D eigenvalue weighted by Gasteiger charge is 2.15. The average molecular weight is 529 g/mol. The Labute approximate surface area is 225 Å². The van der Waals surface area contributed by atoms with Crippen molar-refractivity contribution in [3.05, 3.63) is 95.2 Å². The van der Waals surface area contributed by atoms with Gasteiger partial charge in [0.1, 0.15) is 24.2 Å². The van der Waals surface area contributed by atoms with E-state index in [2.05, 4.69) is 28.3 Å². The van der Waals surface area contributed by atoms with Crippen LogP contribution in [0.3, 0.4) is 0 Å². The number of hydrogen-bond acceptors (Lipinski definition) is 7. The van der Waals surface area contributed by atoms with Gasteiger partial charge in [-0.05, 0) is 36.8 Å². The lowest BCUT2D eigenvalue weighted by atomic mass is 10.1. The molecule has 0 saturated heterocycles. The first kappa shape index (κ1) is 26.3. The number of nitrogens with zero attached hydrogens (tertiary/aromatic N) is 2. The van der Waals surface area contributed by atoms with Gasteiger partial charge in [0, 0.05) is 35.5 Å². The average Bonchev–Trinajstić information content (AvgIpc) is 2.92. The van der Waals surface area contributed by atoms with Crippen molar-refractivity contribution >= 4 is 45.5 Å². The minimum absolute atomic E-state index is 0.000917. The van der Waals surface area contributed by atoms with Crippen LogP contribution in [-0.2, 0) is 11.4 Å². The van der Waals surface area contributed by atoms with E-state index in [1.165, 1.54) is 6.20 Å². The topological polar surface area (TPSA) is 117 Å². The summed E-state index contributed by atoms with van der Waals surface area (Å²) in [5.41, 5.74) is 3.65. The van der Waals surface area contributed by atoms with E-state index in [-0.39, 0.29) is 12.1 Å². The van der Waals surface area contributed by atoms with Crippen LogP contribution in [0.1, 0.15) is 18.1 Å². The van der Waals surface area contributed by atoms with Crippen molar-refractivity contribution in [1.29, 1.82) is 5.26 Å². The van der Waals surface area contributed by atoms with Gasteiger partial charge >= 0.3 is 5.97 Å². The van der Waals surface area contributed by atoms with Gasteiger partial charge in [-0.15, -0.1) is 0 Å². The van der Waals surface area contributed by atoms with Crippen molar-refractivity contribution in [2.24, 2.45) is 0 Å². The molecule has 0 fully saturated rings. The molecule has 0 amide bonds. The van der Waals surface area contributed by atoms with E-state index in [4.69, 9.17) is 26.2 Å². The highest BCUT2D eigenvalue weighted by molar-refractivity contribution is 6.32. The van der Waals surface area contributed by atoms with E-state index in [0.717, 1.165) is 5.56 Å². The lowest BCUT2D eigenvalue weighted by Gasteiger charge is -2.17. The van der Waals surface area contributed by atoms with Crippen molar-refractivity contribution < 1.29 is 19.4 Å². The van der Waals surface area contributed by atoms with Gasteiger partial charge in [-0.2, -0.15) is 5.26 Å². The number of carbonyl (C=O) groups is 1. The predicted molar refractivity (Wildman–Crippen MR) is 148 cm³/mol. The van der Waals surface area contributed by atoms with Gasteiger partial charge in [0.15, 0.2) is 0 Å². The maximum atomic E-state index is 11.2. The third kappa shape index (κ3) is 6.14. The van der Waals surface area contributed by atoms with Gasteiger partial charge < -0.3 is 25.2 Å². The van der Waals surface area contributed by atoms with Gasteiger partial charge in [0.25, 0.3) is 0 Å².